The Labute approximate surface area is 135 Å². The topological polar surface area (TPSA) is 74.7 Å². The van der Waals surface area contributed by atoms with Crippen LogP contribution in [0.4, 0.5) is 0 Å². The Morgan fingerprint density at radius 3 is 2.62 bits per heavy atom. The number of carboxylic acid groups (broad SMARTS) is 1. The molecule has 0 atom stereocenters. The van der Waals surface area contributed by atoms with Gasteiger partial charge in [0.05, 0.1) is 0 Å². The third-order valence-corrected chi connectivity index (χ3v) is 6.51. The molecule has 0 saturated carbocycles. The fraction of sp³-hybridized carbons (Fsp3) is 0.154. The highest BCUT2D eigenvalue weighted by Crippen LogP contribution is 2.26. The molecule has 0 bridgehead atoms. The van der Waals surface area contributed by atoms with Gasteiger partial charge in [-0.2, -0.15) is 4.31 Å². The van der Waals surface area contributed by atoms with Gasteiger partial charge >= 0.3 is 5.97 Å². The monoisotopic (exact) mass is 389 g/mol. The van der Waals surface area contributed by atoms with E-state index in [4.69, 9.17) is 5.11 Å². The van der Waals surface area contributed by atoms with Gasteiger partial charge in [0, 0.05) is 18.1 Å². The van der Waals surface area contributed by atoms with E-state index in [2.05, 4.69) is 15.9 Å². The molecule has 0 aliphatic carbocycles. The largest absolute Gasteiger partial charge is 0.477 e. The van der Waals surface area contributed by atoms with E-state index in [0.717, 1.165) is 25.7 Å². The summed E-state index contributed by atoms with van der Waals surface area (Å²) in [5.41, 5.74) is 0.802. The molecule has 0 fully saturated rings. The molecule has 0 saturated heterocycles. The maximum absolute atomic E-state index is 12.5. The summed E-state index contributed by atoms with van der Waals surface area (Å²) in [6, 6.07) is 8.60. The van der Waals surface area contributed by atoms with Gasteiger partial charge in [0.2, 0.25) is 10.0 Å². The quantitative estimate of drug-likeness (QED) is 0.852. The summed E-state index contributed by atoms with van der Waals surface area (Å²) in [6.45, 7) is 0.151. The lowest BCUT2D eigenvalue weighted by Gasteiger charge is -2.17. The van der Waals surface area contributed by atoms with Crippen LogP contribution in [0, 0.1) is 0 Å². The molecule has 112 valence electrons. The van der Waals surface area contributed by atoms with Crippen LogP contribution in [-0.4, -0.2) is 30.8 Å². The summed E-state index contributed by atoms with van der Waals surface area (Å²) in [4.78, 5) is 10.7. The maximum Gasteiger partial charge on any atom is 0.347 e. The lowest BCUT2D eigenvalue weighted by Crippen LogP contribution is -2.27. The molecular formula is C13H12BrNO4S2. The molecular weight excluding hydrogens is 378 g/mol. The fourth-order valence-corrected chi connectivity index (χ4v) is 4.56. The third kappa shape index (κ3) is 3.34. The minimum atomic E-state index is -3.84. The molecule has 0 aliphatic rings. The smallest absolute Gasteiger partial charge is 0.347 e. The van der Waals surface area contributed by atoms with Crippen molar-refractivity contribution in [2.24, 2.45) is 0 Å². The first-order chi connectivity index (χ1) is 9.84. The minimum Gasteiger partial charge on any atom is -0.477 e. The number of halogens is 1. The van der Waals surface area contributed by atoms with Gasteiger partial charge in [-0.25, -0.2) is 13.2 Å². The number of benzene rings is 1. The summed E-state index contributed by atoms with van der Waals surface area (Å²) in [6.07, 6.45) is 0. The van der Waals surface area contributed by atoms with E-state index >= 15 is 0 Å². The second-order valence-electron chi connectivity index (χ2n) is 4.27. The van der Waals surface area contributed by atoms with Gasteiger partial charge in [0.1, 0.15) is 9.77 Å². The number of aromatic carboxylic acids is 1. The second kappa shape index (κ2) is 6.27. The van der Waals surface area contributed by atoms with Crippen molar-refractivity contribution in [2.75, 3.05) is 7.05 Å². The molecule has 0 amide bonds. The summed E-state index contributed by atoms with van der Waals surface area (Å²) < 4.78 is 26.9. The van der Waals surface area contributed by atoms with Crippen LogP contribution in [0.1, 0.15) is 15.2 Å². The molecule has 2 rings (SSSR count). The van der Waals surface area contributed by atoms with E-state index in [1.165, 1.54) is 18.5 Å². The average Bonchev–Trinajstić information content (AvgIpc) is 2.91. The first-order valence-corrected chi connectivity index (χ1v) is 8.96. The Bertz CT molecular complexity index is 770. The molecule has 8 heteroatoms. The molecule has 0 radical (unpaired) electrons. The Morgan fingerprint density at radius 2 is 2.00 bits per heavy atom. The third-order valence-electron chi connectivity index (χ3n) is 2.86. The number of thiophene rings is 1. The van der Waals surface area contributed by atoms with Crippen molar-refractivity contribution in [3.05, 3.63) is 50.6 Å². The molecule has 0 unspecified atom stereocenters. The van der Waals surface area contributed by atoms with Crippen molar-refractivity contribution in [3.8, 4) is 0 Å². The van der Waals surface area contributed by atoms with Crippen LogP contribution >= 0.6 is 27.3 Å². The van der Waals surface area contributed by atoms with Crippen molar-refractivity contribution in [3.63, 3.8) is 0 Å². The van der Waals surface area contributed by atoms with Crippen molar-refractivity contribution < 1.29 is 18.3 Å². The highest BCUT2D eigenvalue weighted by Gasteiger charge is 2.28. The molecule has 1 aromatic heterocycles. The molecule has 1 heterocycles. The predicted octanol–water partition coefficient (Wildman–Crippen LogP) is 3.03. The van der Waals surface area contributed by atoms with Crippen molar-refractivity contribution >= 4 is 43.3 Å². The van der Waals surface area contributed by atoms with Crippen LogP contribution in [0.3, 0.4) is 0 Å². The Balaban J connectivity index is 2.33. The highest BCUT2D eigenvalue weighted by atomic mass is 79.9. The van der Waals surface area contributed by atoms with Crippen molar-refractivity contribution in [2.45, 2.75) is 11.4 Å². The van der Waals surface area contributed by atoms with Gasteiger partial charge < -0.3 is 5.11 Å². The number of carbonyl (C=O) groups is 1. The first kappa shape index (κ1) is 16.2. The van der Waals surface area contributed by atoms with E-state index in [1.54, 1.807) is 0 Å². The molecule has 1 aromatic carbocycles. The zero-order valence-electron chi connectivity index (χ0n) is 11.0. The van der Waals surface area contributed by atoms with Crippen LogP contribution < -0.4 is 0 Å². The number of carboxylic acids is 1. The fourth-order valence-electron chi connectivity index (χ4n) is 1.78. The standard InChI is InChI=1S/C13H12BrNO4S2/c1-15(8-9-4-2-3-5-10(9)14)21(18,19)11-6-7-20-12(11)13(16)17/h2-7H,8H2,1H3,(H,16,17). The van der Waals surface area contributed by atoms with Crippen LogP contribution in [-0.2, 0) is 16.6 Å². The molecule has 0 aliphatic heterocycles. The summed E-state index contributed by atoms with van der Waals surface area (Å²) in [7, 11) is -2.42. The van der Waals surface area contributed by atoms with Gasteiger partial charge in [-0.3, -0.25) is 0 Å². The first-order valence-electron chi connectivity index (χ1n) is 5.84. The minimum absolute atomic E-state index is 0.151. The molecule has 1 N–H and O–H groups in total. The lowest BCUT2D eigenvalue weighted by molar-refractivity contribution is 0.0698. The van der Waals surface area contributed by atoms with Gasteiger partial charge in [-0.15, -0.1) is 11.3 Å². The van der Waals surface area contributed by atoms with Gasteiger partial charge in [-0.1, -0.05) is 34.1 Å². The molecule has 2 aromatic rings. The van der Waals surface area contributed by atoms with E-state index in [9.17, 15) is 13.2 Å². The Kier molecular flexibility index (Phi) is 4.82. The summed E-state index contributed by atoms with van der Waals surface area (Å²) in [5, 5.41) is 10.5. The molecule has 21 heavy (non-hydrogen) atoms. The SMILES string of the molecule is CN(Cc1ccccc1Br)S(=O)(=O)c1ccsc1C(=O)O. The van der Waals surface area contributed by atoms with E-state index in [-0.39, 0.29) is 16.3 Å². The van der Waals surface area contributed by atoms with E-state index < -0.39 is 16.0 Å². The molecule has 5 nitrogen and oxygen atoms in total. The number of hydrogen-bond acceptors (Lipinski definition) is 4. The Morgan fingerprint density at radius 1 is 1.33 bits per heavy atom. The number of hydrogen-bond donors (Lipinski definition) is 1. The average molecular weight is 390 g/mol. The van der Waals surface area contributed by atoms with E-state index in [0.29, 0.717) is 0 Å². The summed E-state index contributed by atoms with van der Waals surface area (Å²) in [5.74, 6) is -1.24. The van der Waals surface area contributed by atoms with Gasteiger partial charge in [-0.05, 0) is 23.1 Å². The number of sulfonamides is 1. The second-order valence-corrected chi connectivity index (χ2v) is 8.06. The number of rotatable bonds is 5. The number of nitrogens with zero attached hydrogens (tertiary/aromatic N) is 1. The van der Waals surface area contributed by atoms with Gasteiger partial charge in [0.15, 0.2) is 0 Å². The van der Waals surface area contributed by atoms with E-state index in [1.807, 2.05) is 24.3 Å². The zero-order valence-corrected chi connectivity index (χ0v) is 14.2. The van der Waals surface area contributed by atoms with Crippen LogP contribution in [0.25, 0.3) is 0 Å². The van der Waals surface area contributed by atoms with Gasteiger partial charge in [0.25, 0.3) is 0 Å². The Hall–Kier alpha value is -1.22. The maximum atomic E-state index is 12.5. The van der Waals surface area contributed by atoms with Crippen LogP contribution in [0.5, 0.6) is 0 Å². The lowest BCUT2D eigenvalue weighted by atomic mass is 10.2. The zero-order chi connectivity index (χ0) is 15.6. The van der Waals surface area contributed by atoms with Crippen LogP contribution in [0.15, 0.2) is 45.1 Å². The highest BCUT2D eigenvalue weighted by molar-refractivity contribution is 9.10. The van der Waals surface area contributed by atoms with Crippen LogP contribution in [0.2, 0.25) is 0 Å². The molecule has 0 spiro atoms. The normalized spacial score (nSPS) is 11.8. The van der Waals surface area contributed by atoms with Crippen molar-refractivity contribution in [1.29, 1.82) is 0 Å². The van der Waals surface area contributed by atoms with Crippen molar-refractivity contribution in [1.82, 2.24) is 4.31 Å². The summed E-state index contributed by atoms with van der Waals surface area (Å²) >= 11 is 4.26. The predicted molar refractivity (Wildman–Crippen MR) is 84.1 cm³/mol.